The summed E-state index contributed by atoms with van der Waals surface area (Å²) >= 11 is 0. The number of ether oxygens (including phenoxy) is 1. The monoisotopic (exact) mass is 332 g/mol. The first kappa shape index (κ1) is 17.9. The average molecular weight is 332 g/mol. The molecule has 0 radical (unpaired) electrons. The van der Waals surface area contributed by atoms with Crippen LogP contribution in [0, 0.1) is 5.92 Å². The Morgan fingerprint density at radius 1 is 1.42 bits per heavy atom. The first-order valence-electron chi connectivity index (χ1n) is 8.00. The number of hydrogen-bond donors (Lipinski definition) is 2. The van der Waals surface area contributed by atoms with E-state index in [-0.39, 0.29) is 11.8 Å². The van der Waals surface area contributed by atoms with Crippen LogP contribution < -0.4 is 15.8 Å². The normalized spacial score (nSPS) is 14.7. The Morgan fingerprint density at radius 2 is 2.17 bits per heavy atom. The fourth-order valence-corrected chi connectivity index (χ4v) is 2.17. The number of methoxy groups -OCH3 is 1. The van der Waals surface area contributed by atoms with Crippen LogP contribution in [0.3, 0.4) is 0 Å². The summed E-state index contributed by atoms with van der Waals surface area (Å²) < 4.78 is 10.4. The molecule has 0 fully saturated rings. The van der Waals surface area contributed by atoms with Gasteiger partial charge in [0.2, 0.25) is 17.6 Å². The number of amides is 1. The van der Waals surface area contributed by atoms with Crippen LogP contribution in [-0.2, 0) is 4.79 Å². The van der Waals surface area contributed by atoms with Gasteiger partial charge in [0.25, 0.3) is 0 Å². The first-order chi connectivity index (χ1) is 11.5. The van der Waals surface area contributed by atoms with Gasteiger partial charge in [0.05, 0.1) is 13.2 Å². The molecule has 0 spiro atoms. The number of rotatable bonds is 7. The smallest absolute Gasteiger partial charge is 0.249 e. The Hall–Kier alpha value is -2.41. The number of nitrogens with zero attached hydrogens (tertiary/aromatic N) is 2. The van der Waals surface area contributed by atoms with E-state index >= 15 is 0 Å². The highest BCUT2D eigenvalue weighted by molar-refractivity contribution is 5.82. The molecule has 0 aliphatic rings. The predicted molar refractivity (Wildman–Crippen MR) is 90.3 cm³/mol. The minimum atomic E-state index is -0.557. The molecule has 1 amide bonds. The van der Waals surface area contributed by atoms with Crippen LogP contribution in [0.1, 0.15) is 39.1 Å². The molecule has 1 heterocycles. The highest BCUT2D eigenvalue weighted by Crippen LogP contribution is 2.22. The van der Waals surface area contributed by atoms with Crippen molar-refractivity contribution in [3.8, 4) is 17.1 Å². The number of carbonyl (C=O) groups is 1. The van der Waals surface area contributed by atoms with E-state index in [9.17, 15) is 4.79 Å². The molecule has 0 saturated heterocycles. The second kappa shape index (κ2) is 7.92. The minimum absolute atomic E-state index is 0.104. The summed E-state index contributed by atoms with van der Waals surface area (Å²) in [6.45, 7) is 5.73. The fourth-order valence-electron chi connectivity index (χ4n) is 2.17. The highest BCUT2D eigenvalue weighted by Gasteiger charge is 2.23. The molecule has 130 valence electrons. The molecule has 0 aliphatic heterocycles. The van der Waals surface area contributed by atoms with Crippen molar-refractivity contribution in [3.05, 3.63) is 30.2 Å². The van der Waals surface area contributed by atoms with Gasteiger partial charge in [-0.05, 0) is 25.0 Å². The van der Waals surface area contributed by atoms with Gasteiger partial charge < -0.3 is 20.3 Å². The van der Waals surface area contributed by atoms with Crippen molar-refractivity contribution in [1.29, 1.82) is 0 Å². The third-order valence-corrected chi connectivity index (χ3v) is 4.06. The third kappa shape index (κ3) is 4.11. The maximum Gasteiger partial charge on any atom is 0.249 e. The summed E-state index contributed by atoms with van der Waals surface area (Å²) in [5.74, 6) is 1.36. The van der Waals surface area contributed by atoms with E-state index in [4.69, 9.17) is 15.0 Å². The Bertz CT molecular complexity index is 686. The van der Waals surface area contributed by atoms with Crippen molar-refractivity contribution in [2.45, 2.75) is 39.3 Å². The largest absolute Gasteiger partial charge is 0.497 e. The van der Waals surface area contributed by atoms with E-state index in [0.29, 0.717) is 17.5 Å². The summed E-state index contributed by atoms with van der Waals surface area (Å²) in [5.41, 5.74) is 6.71. The molecule has 0 saturated carbocycles. The number of aromatic nitrogens is 2. The zero-order valence-corrected chi connectivity index (χ0v) is 14.4. The number of nitrogens with two attached hydrogens (primary N) is 1. The zero-order valence-electron chi connectivity index (χ0n) is 14.4. The van der Waals surface area contributed by atoms with Crippen molar-refractivity contribution < 1.29 is 14.1 Å². The topological polar surface area (TPSA) is 103 Å². The van der Waals surface area contributed by atoms with Crippen molar-refractivity contribution in [2.75, 3.05) is 7.11 Å². The molecule has 7 heteroatoms. The third-order valence-electron chi connectivity index (χ3n) is 4.06. The van der Waals surface area contributed by atoms with Crippen LogP contribution in [0.25, 0.3) is 11.4 Å². The predicted octanol–water partition coefficient (Wildman–Crippen LogP) is 2.30. The van der Waals surface area contributed by atoms with Crippen LogP contribution in [0.4, 0.5) is 0 Å². The van der Waals surface area contributed by atoms with E-state index in [0.717, 1.165) is 12.0 Å². The lowest BCUT2D eigenvalue weighted by Crippen LogP contribution is -2.45. The fraction of sp³-hybridized carbons (Fsp3) is 0.471. The minimum Gasteiger partial charge on any atom is -0.497 e. The van der Waals surface area contributed by atoms with Gasteiger partial charge in [-0.3, -0.25) is 4.79 Å². The molecule has 0 bridgehead atoms. The van der Waals surface area contributed by atoms with Crippen molar-refractivity contribution in [3.63, 3.8) is 0 Å². The highest BCUT2D eigenvalue weighted by atomic mass is 16.5. The average Bonchev–Trinajstić information content (AvgIpc) is 3.10. The van der Waals surface area contributed by atoms with E-state index < -0.39 is 12.1 Å². The SMILES string of the molecule is CCC(C)C(N)C(=O)NC(C)c1nc(-c2cccc(OC)c2)no1. The molecule has 2 aromatic rings. The standard InChI is InChI=1S/C17H24N4O3/c1-5-10(2)14(18)16(22)19-11(3)17-20-15(21-24-17)12-7-6-8-13(9-12)23-4/h6-11,14H,5,18H2,1-4H3,(H,19,22). The number of carbonyl (C=O) groups excluding carboxylic acids is 1. The van der Waals surface area contributed by atoms with Gasteiger partial charge in [0, 0.05) is 5.56 Å². The van der Waals surface area contributed by atoms with Crippen LogP contribution in [0.2, 0.25) is 0 Å². The summed E-state index contributed by atoms with van der Waals surface area (Å²) in [7, 11) is 1.60. The lowest BCUT2D eigenvalue weighted by atomic mass is 9.99. The maximum atomic E-state index is 12.1. The second-order valence-electron chi connectivity index (χ2n) is 5.83. The van der Waals surface area contributed by atoms with Crippen LogP contribution in [-0.4, -0.2) is 29.2 Å². The molecule has 3 N–H and O–H groups in total. The molecule has 3 atom stereocenters. The van der Waals surface area contributed by atoms with Gasteiger partial charge in [-0.2, -0.15) is 4.98 Å². The summed E-state index contributed by atoms with van der Waals surface area (Å²) in [4.78, 5) is 16.5. The van der Waals surface area contributed by atoms with Crippen LogP contribution >= 0.6 is 0 Å². The number of benzene rings is 1. The van der Waals surface area contributed by atoms with Gasteiger partial charge >= 0.3 is 0 Å². The molecular formula is C17H24N4O3. The van der Waals surface area contributed by atoms with E-state index in [2.05, 4.69) is 15.5 Å². The molecule has 2 rings (SSSR count). The van der Waals surface area contributed by atoms with Gasteiger partial charge in [0.15, 0.2) is 0 Å². The first-order valence-corrected chi connectivity index (χ1v) is 8.00. The van der Waals surface area contributed by atoms with E-state index in [1.165, 1.54) is 0 Å². The van der Waals surface area contributed by atoms with Gasteiger partial charge in [-0.1, -0.05) is 37.6 Å². The Morgan fingerprint density at radius 3 is 2.83 bits per heavy atom. The molecule has 1 aromatic heterocycles. The lowest BCUT2D eigenvalue weighted by Gasteiger charge is -2.19. The lowest BCUT2D eigenvalue weighted by molar-refractivity contribution is -0.124. The Labute approximate surface area is 141 Å². The van der Waals surface area contributed by atoms with Crippen molar-refractivity contribution in [1.82, 2.24) is 15.5 Å². The molecule has 0 aliphatic carbocycles. The van der Waals surface area contributed by atoms with E-state index in [1.54, 1.807) is 14.0 Å². The molecular weight excluding hydrogens is 308 g/mol. The summed E-state index contributed by atoms with van der Waals surface area (Å²) in [6, 6.07) is 6.39. The summed E-state index contributed by atoms with van der Waals surface area (Å²) in [6.07, 6.45) is 0.837. The molecule has 7 nitrogen and oxygen atoms in total. The molecule has 24 heavy (non-hydrogen) atoms. The van der Waals surface area contributed by atoms with Gasteiger partial charge in [-0.25, -0.2) is 0 Å². The quantitative estimate of drug-likeness (QED) is 0.806. The summed E-state index contributed by atoms with van der Waals surface area (Å²) in [5, 5.41) is 6.78. The number of nitrogens with one attached hydrogen (secondary N) is 1. The van der Waals surface area contributed by atoms with Gasteiger partial charge in [-0.15, -0.1) is 0 Å². The molecule has 1 aromatic carbocycles. The van der Waals surface area contributed by atoms with Crippen molar-refractivity contribution >= 4 is 5.91 Å². The van der Waals surface area contributed by atoms with Gasteiger partial charge in [0.1, 0.15) is 11.8 Å². The van der Waals surface area contributed by atoms with Crippen LogP contribution in [0.15, 0.2) is 28.8 Å². The number of hydrogen-bond acceptors (Lipinski definition) is 6. The Kier molecular flexibility index (Phi) is 5.92. The van der Waals surface area contributed by atoms with Crippen LogP contribution in [0.5, 0.6) is 5.75 Å². The zero-order chi connectivity index (χ0) is 17.7. The maximum absolute atomic E-state index is 12.1. The molecule has 3 unspecified atom stereocenters. The Balaban J connectivity index is 2.08. The van der Waals surface area contributed by atoms with Crippen molar-refractivity contribution in [2.24, 2.45) is 11.7 Å². The van der Waals surface area contributed by atoms with E-state index in [1.807, 2.05) is 38.1 Å². The second-order valence-corrected chi connectivity index (χ2v) is 5.83.